The van der Waals surface area contributed by atoms with Crippen LogP contribution < -0.4 is 27.4 Å². The zero-order valence-electron chi connectivity index (χ0n) is 18.2. The summed E-state index contributed by atoms with van der Waals surface area (Å²) in [6.45, 7) is 4.29. The van der Waals surface area contributed by atoms with Crippen LogP contribution in [0.1, 0.15) is 31.8 Å². The van der Waals surface area contributed by atoms with Crippen LogP contribution in [-0.2, 0) is 0 Å². The second-order valence-electron chi connectivity index (χ2n) is 7.36. The number of carbonyl (C=O) groups is 2. The highest BCUT2D eigenvalue weighted by Gasteiger charge is 2.38. The minimum atomic E-state index is -0.604. The molecule has 0 saturated carbocycles. The summed E-state index contributed by atoms with van der Waals surface area (Å²) in [5, 5.41) is 38.2. The van der Waals surface area contributed by atoms with Gasteiger partial charge in [0, 0.05) is 51.5 Å². The third-order valence-corrected chi connectivity index (χ3v) is 5.08. The van der Waals surface area contributed by atoms with E-state index in [0.717, 1.165) is 0 Å². The number of nitrogens with two attached hydrogens (primary N) is 2. The van der Waals surface area contributed by atoms with Gasteiger partial charge in [0.1, 0.15) is 11.5 Å². The smallest absolute Gasteiger partial charge is 0.200 e. The molecule has 9 N–H and O–H groups in total. The fourth-order valence-electron chi connectivity index (χ4n) is 3.57. The van der Waals surface area contributed by atoms with E-state index in [0.29, 0.717) is 58.0 Å². The van der Waals surface area contributed by atoms with E-state index >= 15 is 0 Å². The molecule has 2 aromatic carbocycles. The van der Waals surface area contributed by atoms with Crippen molar-refractivity contribution in [2.75, 3.05) is 57.7 Å². The molecule has 0 aliphatic heterocycles. The maximum Gasteiger partial charge on any atom is 0.200 e. The molecule has 0 aromatic heterocycles. The Kier molecular flexibility index (Phi) is 8.44. The lowest BCUT2D eigenvalue weighted by atomic mass is 9.81. The Labute approximate surface area is 191 Å². The molecule has 11 heteroatoms. The van der Waals surface area contributed by atoms with Crippen molar-refractivity contribution in [3.8, 4) is 11.5 Å². The molecule has 0 bridgehead atoms. The standard InChI is InChI=1S/C22H29N7O4/c23-5-7-25-9-11-27-13-1-2-14(29-28-12-10-26-8-6-24)18-17(13)21(32)19-15(30)3-4-16(31)20(19)22(18)33/h1-4,25-27,30-31H,5-12,23-24H2. The molecule has 0 saturated heterocycles. The predicted molar refractivity (Wildman–Crippen MR) is 125 cm³/mol. The summed E-state index contributed by atoms with van der Waals surface area (Å²) in [5.74, 6) is -1.94. The molecule has 3 rings (SSSR count). The van der Waals surface area contributed by atoms with Gasteiger partial charge in [-0.1, -0.05) is 0 Å². The average Bonchev–Trinajstić information content (AvgIpc) is 2.81. The number of phenols is 2. The maximum absolute atomic E-state index is 13.4. The monoisotopic (exact) mass is 455 g/mol. The van der Waals surface area contributed by atoms with Crippen molar-refractivity contribution in [2.24, 2.45) is 21.7 Å². The number of nitrogens with zero attached hydrogens (tertiary/aromatic N) is 2. The Morgan fingerprint density at radius 1 is 0.727 bits per heavy atom. The SMILES string of the molecule is NCCNCCN=Nc1ccc(NCCNCCN)c2c1C(=O)c1c(O)ccc(O)c1C2=O. The van der Waals surface area contributed by atoms with E-state index in [1.54, 1.807) is 12.1 Å². The van der Waals surface area contributed by atoms with Crippen molar-refractivity contribution in [3.05, 3.63) is 46.5 Å². The van der Waals surface area contributed by atoms with E-state index in [9.17, 15) is 19.8 Å². The van der Waals surface area contributed by atoms with Gasteiger partial charge in [-0.05, 0) is 24.3 Å². The van der Waals surface area contributed by atoms with E-state index in [4.69, 9.17) is 11.5 Å². The number of azo groups is 1. The Hall–Kier alpha value is -3.38. The first-order valence-electron chi connectivity index (χ1n) is 10.8. The summed E-state index contributed by atoms with van der Waals surface area (Å²) in [6, 6.07) is 5.62. The van der Waals surface area contributed by atoms with Crippen molar-refractivity contribution >= 4 is 22.9 Å². The molecule has 0 radical (unpaired) electrons. The molecule has 0 unspecified atom stereocenters. The molecule has 0 atom stereocenters. The molecule has 1 aliphatic carbocycles. The van der Waals surface area contributed by atoms with Crippen LogP contribution in [0.3, 0.4) is 0 Å². The third-order valence-electron chi connectivity index (χ3n) is 5.08. The van der Waals surface area contributed by atoms with Crippen molar-refractivity contribution in [1.82, 2.24) is 10.6 Å². The topological polar surface area (TPSA) is 187 Å². The van der Waals surface area contributed by atoms with Crippen molar-refractivity contribution in [3.63, 3.8) is 0 Å². The highest BCUT2D eigenvalue weighted by molar-refractivity contribution is 6.33. The quantitative estimate of drug-likeness (QED) is 0.116. The Morgan fingerprint density at radius 2 is 1.33 bits per heavy atom. The lowest BCUT2D eigenvalue weighted by molar-refractivity contribution is 0.0975. The van der Waals surface area contributed by atoms with E-state index < -0.39 is 11.6 Å². The zero-order valence-corrected chi connectivity index (χ0v) is 18.2. The fraction of sp³-hybridized carbons (Fsp3) is 0.364. The number of hydrogen-bond acceptors (Lipinski definition) is 11. The van der Waals surface area contributed by atoms with Gasteiger partial charge < -0.3 is 37.6 Å². The highest BCUT2D eigenvalue weighted by atomic mass is 16.3. The second-order valence-corrected chi connectivity index (χ2v) is 7.36. The lowest BCUT2D eigenvalue weighted by Crippen LogP contribution is -2.28. The van der Waals surface area contributed by atoms with Gasteiger partial charge in [0.2, 0.25) is 11.6 Å². The molecule has 0 fully saturated rings. The van der Waals surface area contributed by atoms with E-state index in [-0.39, 0.29) is 39.4 Å². The minimum absolute atomic E-state index is 0.0342. The maximum atomic E-state index is 13.4. The van der Waals surface area contributed by atoms with Gasteiger partial charge in [-0.2, -0.15) is 10.2 Å². The van der Waals surface area contributed by atoms with Gasteiger partial charge >= 0.3 is 0 Å². The summed E-state index contributed by atoms with van der Waals surface area (Å²) in [4.78, 5) is 26.8. The van der Waals surface area contributed by atoms with Crippen LogP contribution in [0.2, 0.25) is 0 Å². The first-order valence-corrected chi connectivity index (χ1v) is 10.8. The summed E-state index contributed by atoms with van der Waals surface area (Å²) in [7, 11) is 0. The third kappa shape index (κ3) is 5.34. The van der Waals surface area contributed by atoms with Crippen LogP contribution in [0, 0.1) is 0 Å². The summed E-state index contributed by atoms with van der Waals surface area (Å²) >= 11 is 0. The predicted octanol–water partition coefficient (Wildman–Crippen LogP) is 0.465. The number of aromatic hydroxyl groups is 2. The Morgan fingerprint density at radius 3 is 1.97 bits per heavy atom. The summed E-state index contributed by atoms with van der Waals surface area (Å²) < 4.78 is 0. The van der Waals surface area contributed by atoms with Gasteiger partial charge in [-0.15, -0.1) is 0 Å². The molecule has 0 amide bonds. The number of rotatable bonds is 12. The number of hydrogen-bond donors (Lipinski definition) is 7. The van der Waals surface area contributed by atoms with Crippen LogP contribution in [0.25, 0.3) is 0 Å². The summed E-state index contributed by atoms with van der Waals surface area (Å²) in [6.07, 6.45) is 0. The van der Waals surface area contributed by atoms with Crippen molar-refractivity contribution < 1.29 is 19.8 Å². The van der Waals surface area contributed by atoms with Gasteiger partial charge in [-0.3, -0.25) is 9.59 Å². The van der Waals surface area contributed by atoms with Crippen LogP contribution in [0.15, 0.2) is 34.5 Å². The summed E-state index contributed by atoms with van der Waals surface area (Å²) in [5.41, 5.74) is 11.2. The number of benzene rings is 2. The lowest BCUT2D eigenvalue weighted by Gasteiger charge is -2.23. The van der Waals surface area contributed by atoms with E-state index in [1.165, 1.54) is 12.1 Å². The number of phenolic OH excluding ortho intramolecular Hbond substituents is 2. The molecular weight excluding hydrogens is 426 g/mol. The molecular formula is C22H29N7O4. The largest absolute Gasteiger partial charge is 0.507 e. The van der Waals surface area contributed by atoms with Gasteiger partial charge in [-0.25, -0.2) is 0 Å². The Bertz CT molecular complexity index is 1060. The second kappa shape index (κ2) is 11.5. The molecule has 176 valence electrons. The number of nitrogens with one attached hydrogen (secondary N) is 3. The zero-order chi connectivity index (χ0) is 23.8. The molecule has 33 heavy (non-hydrogen) atoms. The molecule has 11 nitrogen and oxygen atoms in total. The number of ketones is 2. The van der Waals surface area contributed by atoms with Crippen LogP contribution in [0.4, 0.5) is 11.4 Å². The first kappa shape index (κ1) is 24.3. The van der Waals surface area contributed by atoms with Gasteiger partial charge in [0.25, 0.3) is 0 Å². The van der Waals surface area contributed by atoms with E-state index in [2.05, 4.69) is 26.2 Å². The molecule has 1 aliphatic rings. The van der Waals surface area contributed by atoms with Gasteiger partial charge in [0.05, 0.1) is 34.5 Å². The minimum Gasteiger partial charge on any atom is -0.507 e. The number of anilines is 1. The Balaban J connectivity index is 1.98. The van der Waals surface area contributed by atoms with E-state index in [1.807, 2.05) is 0 Å². The number of fused-ring (bicyclic) bond motifs is 2. The van der Waals surface area contributed by atoms with Crippen LogP contribution in [0.5, 0.6) is 11.5 Å². The molecule has 0 heterocycles. The van der Waals surface area contributed by atoms with Crippen molar-refractivity contribution in [1.29, 1.82) is 0 Å². The average molecular weight is 456 g/mol. The fourth-order valence-corrected chi connectivity index (χ4v) is 3.57. The van der Waals surface area contributed by atoms with Crippen molar-refractivity contribution in [2.45, 2.75) is 0 Å². The molecule has 2 aromatic rings. The highest BCUT2D eigenvalue weighted by Crippen LogP contribution is 2.43. The van der Waals surface area contributed by atoms with Crippen LogP contribution >= 0.6 is 0 Å². The number of carbonyl (C=O) groups excluding carboxylic acids is 2. The van der Waals surface area contributed by atoms with Crippen LogP contribution in [-0.4, -0.2) is 74.1 Å². The first-order chi connectivity index (χ1) is 16.0. The van der Waals surface area contributed by atoms with Gasteiger partial charge in [0.15, 0.2) is 0 Å². The normalized spacial score (nSPS) is 12.8. The molecule has 0 spiro atoms.